The van der Waals surface area contributed by atoms with Gasteiger partial charge in [0.25, 0.3) is 0 Å². The van der Waals surface area contributed by atoms with Gasteiger partial charge >= 0.3 is 0 Å². The van der Waals surface area contributed by atoms with Gasteiger partial charge in [-0.25, -0.2) is 0 Å². The fourth-order valence-corrected chi connectivity index (χ4v) is 3.88. The molecular formula is C10H11BrClNS. The third-order valence-corrected chi connectivity index (χ3v) is 4.77. The Hall–Kier alpha value is 0.270. The van der Waals surface area contributed by atoms with E-state index in [0.29, 0.717) is 11.3 Å². The van der Waals surface area contributed by atoms with Crippen molar-refractivity contribution < 1.29 is 0 Å². The van der Waals surface area contributed by atoms with E-state index in [4.69, 9.17) is 11.6 Å². The molecule has 0 aliphatic carbocycles. The van der Waals surface area contributed by atoms with E-state index in [9.17, 15) is 0 Å². The smallest absolute Gasteiger partial charge is 0.0465 e. The van der Waals surface area contributed by atoms with Crippen LogP contribution in [0.4, 0.5) is 0 Å². The predicted octanol–water partition coefficient (Wildman–Crippen LogP) is 3.36. The van der Waals surface area contributed by atoms with E-state index in [1.165, 1.54) is 11.3 Å². The molecule has 2 rings (SSSR count). The summed E-state index contributed by atoms with van der Waals surface area (Å²) in [4.78, 5) is 4.15. The fraction of sp³-hybridized carbons (Fsp3) is 0.500. The molecule has 1 fully saturated rings. The lowest BCUT2D eigenvalue weighted by atomic mass is 10.00. The lowest BCUT2D eigenvalue weighted by molar-refractivity contribution is 0.602. The van der Waals surface area contributed by atoms with Gasteiger partial charge in [-0.05, 0) is 45.7 Å². The zero-order valence-electron chi connectivity index (χ0n) is 7.62. The van der Waals surface area contributed by atoms with Crippen molar-refractivity contribution in [3.05, 3.63) is 28.5 Å². The van der Waals surface area contributed by atoms with Crippen LogP contribution in [0.2, 0.25) is 0 Å². The first kappa shape index (κ1) is 10.8. The van der Waals surface area contributed by atoms with E-state index in [0.717, 1.165) is 16.6 Å². The Bertz CT molecular complexity index is 321. The highest BCUT2D eigenvalue weighted by atomic mass is 79.9. The SMILES string of the molecule is ClC1CSCC1Cc1cncc(Br)c1. The number of alkyl halides is 1. The summed E-state index contributed by atoms with van der Waals surface area (Å²) in [6, 6.07) is 2.12. The number of halogens is 2. The molecule has 0 radical (unpaired) electrons. The molecule has 1 aromatic rings. The Balaban J connectivity index is 2.03. The van der Waals surface area contributed by atoms with Gasteiger partial charge in [0.05, 0.1) is 0 Å². The van der Waals surface area contributed by atoms with Crippen molar-refractivity contribution in [2.45, 2.75) is 11.8 Å². The van der Waals surface area contributed by atoms with E-state index in [2.05, 4.69) is 27.0 Å². The van der Waals surface area contributed by atoms with Crippen molar-refractivity contribution in [3.8, 4) is 0 Å². The monoisotopic (exact) mass is 291 g/mol. The van der Waals surface area contributed by atoms with E-state index >= 15 is 0 Å². The summed E-state index contributed by atoms with van der Waals surface area (Å²) in [6.45, 7) is 0. The minimum Gasteiger partial charge on any atom is -0.263 e. The molecule has 0 saturated carbocycles. The summed E-state index contributed by atoms with van der Waals surface area (Å²) in [5, 5.41) is 0.332. The Morgan fingerprint density at radius 2 is 2.36 bits per heavy atom. The largest absolute Gasteiger partial charge is 0.263 e. The van der Waals surface area contributed by atoms with Crippen molar-refractivity contribution in [2.24, 2.45) is 5.92 Å². The minimum absolute atomic E-state index is 0.332. The molecular weight excluding hydrogens is 282 g/mol. The van der Waals surface area contributed by atoms with Gasteiger partial charge in [-0.15, -0.1) is 11.6 Å². The summed E-state index contributed by atoms with van der Waals surface area (Å²) < 4.78 is 1.05. The third kappa shape index (κ3) is 2.65. The molecule has 1 aliphatic rings. The van der Waals surface area contributed by atoms with Crippen molar-refractivity contribution in [2.75, 3.05) is 11.5 Å². The highest BCUT2D eigenvalue weighted by Crippen LogP contribution is 2.31. The van der Waals surface area contributed by atoms with Crippen LogP contribution in [-0.4, -0.2) is 21.9 Å². The van der Waals surface area contributed by atoms with Gasteiger partial charge in [0.1, 0.15) is 0 Å². The summed E-state index contributed by atoms with van der Waals surface area (Å²) in [7, 11) is 0. The minimum atomic E-state index is 0.332. The molecule has 14 heavy (non-hydrogen) atoms. The van der Waals surface area contributed by atoms with E-state index in [1.807, 2.05) is 24.2 Å². The zero-order valence-corrected chi connectivity index (χ0v) is 10.8. The predicted molar refractivity (Wildman–Crippen MR) is 66.1 cm³/mol. The molecule has 2 heterocycles. The van der Waals surface area contributed by atoms with Gasteiger partial charge in [-0.3, -0.25) is 4.98 Å². The van der Waals surface area contributed by atoms with Crippen molar-refractivity contribution in [3.63, 3.8) is 0 Å². The second-order valence-electron chi connectivity index (χ2n) is 3.53. The first-order chi connectivity index (χ1) is 6.75. The molecule has 0 N–H and O–H groups in total. The van der Waals surface area contributed by atoms with Gasteiger partial charge in [0.2, 0.25) is 0 Å². The second kappa shape index (κ2) is 4.86. The lowest BCUT2D eigenvalue weighted by Gasteiger charge is -2.12. The number of hydrogen-bond acceptors (Lipinski definition) is 2. The highest BCUT2D eigenvalue weighted by molar-refractivity contribution is 9.10. The molecule has 76 valence electrons. The summed E-state index contributed by atoms with van der Waals surface area (Å²) in [6.07, 6.45) is 4.79. The number of hydrogen-bond donors (Lipinski definition) is 0. The molecule has 1 aliphatic heterocycles. The average Bonchev–Trinajstić information content (AvgIpc) is 2.52. The van der Waals surface area contributed by atoms with E-state index in [1.54, 1.807) is 0 Å². The number of nitrogens with zero attached hydrogens (tertiary/aromatic N) is 1. The molecule has 1 nitrogen and oxygen atoms in total. The van der Waals surface area contributed by atoms with Crippen LogP contribution in [0.25, 0.3) is 0 Å². The maximum absolute atomic E-state index is 6.21. The quantitative estimate of drug-likeness (QED) is 0.775. The maximum Gasteiger partial charge on any atom is 0.0465 e. The Morgan fingerprint density at radius 3 is 3.00 bits per heavy atom. The van der Waals surface area contributed by atoms with Gasteiger partial charge in [-0.2, -0.15) is 11.8 Å². The molecule has 1 saturated heterocycles. The maximum atomic E-state index is 6.21. The zero-order chi connectivity index (χ0) is 9.97. The fourth-order valence-electron chi connectivity index (χ4n) is 1.63. The Labute approximate surface area is 102 Å². The molecule has 2 unspecified atom stereocenters. The molecule has 4 heteroatoms. The molecule has 0 amide bonds. The topological polar surface area (TPSA) is 12.9 Å². The first-order valence-electron chi connectivity index (χ1n) is 4.57. The molecule has 0 spiro atoms. The van der Waals surface area contributed by atoms with Crippen LogP contribution in [0.5, 0.6) is 0 Å². The van der Waals surface area contributed by atoms with Gasteiger partial charge in [0.15, 0.2) is 0 Å². The normalized spacial score (nSPS) is 26.7. The van der Waals surface area contributed by atoms with Crippen LogP contribution in [0.3, 0.4) is 0 Å². The van der Waals surface area contributed by atoms with Crippen LogP contribution in [-0.2, 0) is 6.42 Å². The second-order valence-corrected chi connectivity index (χ2v) is 6.08. The van der Waals surface area contributed by atoms with Crippen molar-refractivity contribution in [1.29, 1.82) is 0 Å². The molecule has 0 bridgehead atoms. The van der Waals surface area contributed by atoms with Crippen LogP contribution in [0, 0.1) is 5.92 Å². The highest BCUT2D eigenvalue weighted by Gasteiger charge is 2.25. The van der Waals surface area contributed by atoms with Crippen LogP contribution < -0.4 is 0 Å². The van der Waals surface area contributed by atoms with Gasteiger partial charge in [0, 0.05) is 28.0 Å². The lowest BCUT2D eigenvalue weighted by Crippen LogP contribution is -2.14. The summed E-state index contributed by atoms with van der Waals surface area (Å²) in [5.41, 5.74) is 1.28. The molecule has 1 aromatic heterocycles. The van der Waals surface area contributed by atoms with Crippen LogP contribution >= 0.6 is 39.3 Å². The van der Waals surface area contributed by atoms with Crippen molar-refractivity contribution in [1.82, 2.24) is 4.98 Å². The number of aromatic nitrogens is 1. The van der Waals surface area contributed by atoms with Gasteiger partial charge in [-0.1, -0.05) is 0 Å². The third-order valence-electron chi connectivity index (χ3n) is 2.38. The van der Waals surface area contributed by atoms with Crippen LogP contribution in [0.1, 0.15) is 5.56 Å². The molecule has 2 atom stereocenters. The van der Waals surface area contributed by atoms with Gasteiger partial charge < -0.3 is 0 Å². The van der Waals surface area contributed by atoms with E-state index in [-0.39, 0.29) is 0 Å². The summed E-state index contributed by atoms with van der Waals surface area (Å²) >= 11 is 11.6. The number of rotatable bonds is 2. The summed E-state index contributed by atoms with van der Waals surface area (Å²) in [5.74, 6) is 2.88. The van der Waals surface area contributed by atoms with Crippen molar-refractivity contribution >= 4 is 39.3 Å². The molecule has 0 aromatic carbocycles. The van der Waals surface area contributed by atoms with E-state index < -0.39 is 0 Å². The average molecular weight is 293 g/mol. The standard InChI is InChI=1S/C10H11BrClNS/c11-9-2-7(3-13-4-9)1-8-5-14-6-10(8)12/h2-4,8,10H,1,5-6H2. The Morgan fingerprint density at radius 1 is 1.50 bits per heavy atom. The number of thioether (sulfide) groups is 1. The van der Waals surface area contributed by atoms with Crippen LogP contribution in [0.15, 0.2) is 22.9 Å². The first-order valence-corrected chi connectivity index (χ1v) is 6.95. The Kier molecular flexibility index (Phi) is 3.74. The number of pyridine rings is 1.